The molecule has 1 saturated heterocycles. The molecule has 0 aliphatic carbocycles. The maximum Gasteiger partial charge on any atom is 0.490 e. The molecular weight excluding hydrogens is 468 g/mol. The predicted molar refractivity (Wildman–Crippen MR) is 117 cm³/mol. The Morgan fingerprint density at radius 3 is 2.34 bits per heavy atom. The second-order valence-electron chi connectivity index (χ2n) is 7.25. The fourth-order valence-corrected chi connectivity index (χ4v) is 4.64. The second-order valence-corrected chi connectivity index (χ2v) is 8.06. The molecule has 11 heteroatoms. The average Bonchev–Trinajstić information content (AvgIpc) is 3.36. The summed E-state index contributed by atoms with van der Waals surface area (Å²) in [6, 6.07) is 8.87. The van der Waals surface area contributed by atoms with Gasteiger partial charge in [-0.05, 0) is 31.0 Å². The third kappa shape index (κ3) is 3.62. The van der Waals surface area contributed by atoms with E-state index in [-0.39, 0.29) is 32.7 Å². The first-order valence-corrected chi connectivity index (χ1v) is 10.4. The van der Waals surface area contributed by atoms with E-state index in [1.54, 1.807) is 6.07 Å². The minimum absolute atomic E-state index is 0.0143. The van der Waals surface area contributed by atoms with Gasteiger partial charge in [0.2, 0.25) is 6.20 Å². The van der Waals surface area contributed by atoms with E-state index < -0.39 is 22.5 Å². The quantitative estimate of drug-likeness (QED) is 0.460. The maximum atomic E-state index is 14.1. The van der Waals surface area contributed by atoms with Crippen LogP contribution in [0.25, 0.3) is 0 Å². The molecule has 32 heavy (non-hydrogen) atoms. The molecule has 2 aromatic rings. The molecule has 2 aromatic carbocycles. The van der Waals surface area contributed by atoms with Gasteiger partial charge in [0.1, 0.15) is 0 Å². The number of hydrogen-bond acceptors (Lipinski definition) is 4. The van der Waals surface area contributed by atoms with Crippen molar-refractivity contribution in [3.05, 3.63) is 58.2 Å². The maximum absolute atomic E-state index is 14.1. The number of carbonyl (C=O) groups is 1. The van der Waals surface area contributed by atoms with Gasteiger partial charge in [0.25, 0.3) is 5.91 Å². The highest BCUT2D eigenvalue weighted by molar-refractivity contribution is 6.40. The Morgan fingerprint density at radius 1 is 1.12 bits per heavy atom. The van der Waals surface area contributed by atoms with Gasteiger partial charge in [-0.3, -0.25) is 4.79 Å². The molecule has 1 fully saturated rings. The Balaban J connectivity index is 1.86. The van der Waals surface area contributed by atoms with Crippen molar-refractivity contribution in [1.29, 1.82) is 0 Å². The van der Waals surface area contributed by atoms with Gasteiger partial charge < -0.3 is 5.32 Å². The molecule has 0 bridgehead atoms. The number of fused-ring (bicyclic) bond motifs is 1. The fourth-order valence-electron chi connectivity index (χ4n) is 4.07. The average molecular weight is 484 g/mol. The van der Waals surface area contributed by atoms with Crippen molar-refractivity contribution >= 4 is 57.9 Å². The van der Waals surface area contributed by atoms with Gasteiger partial charge >= 0.3 is 12.0 Å². The van der Waals surface area contributed by atoms with Gasteiger partial charge in [0, 0.05) is 19.2 Å². The Morgan fingerprint density at radius 2 is 1.75 bits per heavy atom. The van der Waals surface area contributed by atoms with E-state index in [2.05, 4.69) is 10.3 Å². The molecular formula is C21H16Cl2F3N4O2+. The van der Waals surface area contributed by atoms with Crippen LogP contribution in [-0.2, 0) is 4.79 Å². The van der Waals surface area contributed by atoms with E-state index in [4.69, 9.17) is 23.2 Å². The van der Waals surface area contributed by atoms with Gasteiger partial charge in [-0.25, -0.2) is 4.79 Å². The first-order chi connectivity index (χ1) is 15.2. The summed E-state index contributed by atoms with van der Waals surface area (Å²) < 4.78 is 41.3. The van der Waals surface area contributed by atoms with E-state index in [9.17, 15) is 22.8 Å². The number of hydrogen-bond donors (Lipinski definition) is 1. The SMILES string of the molecule is O=C=C[N+]1(N2CCCC2)C(C(F)(F)F)=Nc2c(NC(=O)c3c(Cl)cccc3Cl)cccc21. The number of anilines is 1. The number of para-hydroxylation sites is 1. The topological polar surface area (TPSA) is 61.8 Å². The lowest BCUT2D eigenvalue weighted by molar-refractivity contribution is -0.0755. The summed E-state index contributed by atoms with van der Waals surface area (Å²) in [4.78, 5) is 28.1. The van der Waals surface area contributed by atoms with Crippen molar-refractivity contribution in [3.8, 4) is 0 Å². The number of amides is 1. The minimum Gasteiger partial charge on any atom is -0.320 e. The number of benzene rings is 2. The molecule has 0 saturated carbocycles. The molecule has 1 amide bonds. The Kier molecular flexibility index (Phi) is 5.87. The van der Waals surface area contributed by atoms with E-state index in [1.807, 2.05) is 0 Å². The van der Waals surface area contributed by atoms with Gasteiger partial charge in [0.05, 0.1) is 21.3 Å². The van der Waals surface area contributed by atoms with Gasteiger partial charge in [0.15, 0.2) is 17.3 Å². The highest BCUT2D eigenvalue weighted by Gasteiger charge is 2.61. The summed E-state index contributed by atoms with van der Waals surface area (Å²) in [7, 11) is 0. The van der Waals surface area contributed by atoms with Gasteiger partial charge in [-0.15, -0.1) is 9.60 Å². The number of rotatable bonds is 4. The van der Waals surface area contributed by atoms with Crippen molar-refractivity contribution in [2.45, 2.75) is 19.0 Å². The number of nitrogens with zero attached hydrogens (tertiary/aromatic N) is 3. The molecule has 2 heterocycles. The molecule has 2 aliphatic heterocycles. The molecule has 4 rings (SSSR count). The van der Waals surface area contributed by atoms with Crippen molar-refractivity contribution in [3.63, 3.8) is 0 Å². The third-order valence-electron chi connectivity index (χ3n) is 5.38. The number of carbonyl (C=O) groups excluding carboxylic acids is 2. The highest BCUT2D eigenvalue weighted by atomic mass is 35.5. The number of alkyl halides is 3. The molecule has 0 spiro atoms. The van der Waals surface area contributed by atoms with Crippen LogP contribution in [0.1, 0.15) is 23.2 Å². The lowest BCUT2D eigenvalue weighted by atomic mass is 10.1. The zero-order valence-electron chi connectivity index (χ0n) is 16.4. The summed E-state index contributed by atoms with van der Waals surface area (Å²) in [6.45, 7) is 0.664. The first-order valence-electron chi connectivity index (χ1n) is 9.61. The van der Waals surface area contributed by atoms with Gasteiger partial charge in [-0.2, -0.15) is 18.2 Å². The number of aliphatic imine (C=N–C) groups is 1. The minimum atomic E-state index is -4.84. The van der Waals surface area contributed by atoms with Crippen LogP contribution >= 0.6 is 23.2 Å². The number of halogens is 5. The van der Waals surface area contributed by atoms with Crippen LogP contribution in [0, 0.1) is 0 Å². The third-order valence-corrected chi connectivity index (χ3v) is 6.01. The van der Waals surface area contributed by atoms with E-state index >= 15 is 0 Å². The zero-order valence-corrected chi connectivity index (χ0v) is 17.9. The molecule has 2 aliphatic rings. The normalized spacial score (nSPS) is 20.5. The Bertz CT molecular complexity index is 1150. The molecule has 166 valence electrons. The smallest absolute Gasteiger partial charge is 0.320 e. The summed E-state index contributed by atoms with van der Waals surface area (Å²) in [5.74, 6) is -0.374. The van der Waals surface area contributed by atoms with Crippen molar-refractivity contribution < 1.29 is 22.8 Å². The molecule has 0 aromatic heterocycles. The summed E-state index contributed by atoms with van der Waals surface area (Å²) in [6.07, 6.45) is -2.69. The number of amidine groups is 1. The molecule has 0 radical (unpaired) electrons. The Hall–Kier alpha value is -2.68. The zero-order chi connectivity index (χ0) is 23.1. The standard InChI is InChI=1S/C21H15Cl2F3N4O2/c22-13-5-3-6-14(23)17(13)19(32)27-15-7-4-8-16-18(15)28-20(21(24,25)26)30(16,11-12-31)29-9-1-2-10-29/h3-8,11H,1-2,9-10H2/p+1. The molecule has 6 nitrogen and oxygen atoms in total. The van der Waals surface area contributed by atoms with E-state index in [0.717, 1.165) is 6.20 Å². The van der Waals surface area contributed by atoms with Crippen LogP contribution in [0.15, 0.2) is 47.6 Å². The van der Waals surface area contributed by atoms with Crippen LogP contribution in [0.3, 0.4) is 0 Å². The van der Waals surface area contributed by atoms with Crippen LogP contribution in [-0.4, -0.2) is 42.0 Å². The highest BCUT2D eigenvalue weighted by Crippen LogP contribution is 2.50. The fraction of sp³-hybridized carbons (Fsp3) is 0.238. The lowest BCUT2D eigenvalue weighted by Gasteiger charge is -2.36. The first kappa shape index (κ1) is 22.5. The number of nitrogens with one attached hydrogen (secondary N) is 1. The predicted octanol–water partition coefficient (Wildman–Crippen LogP) is 5.52. The molecule has 1 atom stereocenters. The summed E-state index contributed by atoms with van der Waals surface area (Å²) in [5.41, 5.74) is 0.00338. The Labute approximate surface area is 191 Å². The van der Waals surface area contributed by atoms with Crippen LogP contribution in [0.5, 0.6) is 0 Å². The second kappa shape index (κ2) is 8.35. The number of quaternary nitrogens is 1. The summed E-state index contributed by atoms with van der Waals surface area (Å²) >= 11 is 12.2. The van der Waals surface area contributed by atoms with Crippen molar-refractivity contribution in [2.24, 2.45) is 4.99 Å². The van der Waals surface area contributed by atoms with Gasteiger partial charge in [-0.1, -0.05) is 35.3 Å². The molecule has 1 unspecified atom stereocenters. The van der Waals surface area contributed by atoms with Crippen LogP contribution < -0.4 is 9.91 Å². The van der Waals surface area contributed by atoms with E-state index in [0.29, 0.717) is 25.9 Å². The van der Waals surface area contributed by atoms with Crippen molar-refractivity contribution in [1.82, 2.24) is 9.60 Å². The largest absolute Gasteiger partial charge is 0.490 e. The van der Waals surface area contributed by atoms with Crippen LogP contribution in [0.2, 0.25) is 10.0 Å². The van der Waals surface area contributed by atoms with Crippen molar-refractivity contribution in [2.75, 3.05) is 18.4 Å². The lowest BCUT2D eigenvalue weighted by Crippen LogP contribution is -2.63. The summed E-state index contributed by atoms with van der Waals surface area (Å²) in [5, 5.41) is 4.25. The monoisotopic (exact) mass is 483 g/mol. The molecule has 1 N–H and O–H groups in total. The van der Waals surface area contributed by atoms with Crippen LogP contribution in [0.4, 0.5) is 30.2 Å². The van der Waals surface area contributed by atoms with E-state index in [1.165, 1.54) is 41.3 Å².